The van der Waals surface area contributed by atoms with E-state index in [1.165, 1.54) is 7.11 Å². The van der Waals surface area contributed by atoms with Gasteiger partial charge in [0.15, 0.2) is 0 Å². The van der Waals surface area contributed by atoms with Crippen LogP contribution in [-0.2, 0) is 25.3 Å². The third-order valence-corrected chi connectivity index (χ3v) is 8.17. The molecule has 1 aromatic heterocycles. The maximum absolute atomic E-state index is 13.8. The molecule has 5 rings (SSSR count). The molecule has 1 saturated heterocycles. The Balaban J connectivity index is 1.46. The molecule has 0 amide bonds. The minimum Gasteiger partial charge on any atom is -0.497 e. The first-order valence-corrected chi connectivity index (χ1v) is 13.3. The van der Waals surface area contributed by atoms with Gasteiger partial charge in [0.05, 0.1) is 37.4 Å². The number of hydrogen-bond acceptors (Lipinski definition) is 6. The van der Waals surface area contributed by atoms with Crippen LogP contribution in [0.4, 0.5) is 0 Å². The predicted octanol–water partition coefficient (Wildman–Crippen LogP) is 5.33. The van der Waals surface area contributed by atoms with Gasteiger partial charge >= 0.3 is 13.1 Å². The lowest BCUT2D eigenvalue weighted by molar-refractivity contribution is -0.139. The minimum atomic E-state index is -0.450. The van der Waals surface area contributed by atoms with E-state index in [2.05, 4.69) is 6.07 Å². The van der Waals surface area contributed by atoms with E-state index in [-0.39, 0.29) is 18.3 Å². The molecular formula is C32H34BNO6. The second-order valence-electron chi connectivity index (χ2n) is 11.1. The van der Waals surface area contributed by atoms with Gasteiger partial charge in [0.2, 0.25) is 0 Å². The van der Waals surface area contributed by atoms with Gasteiger partial charge in [-0.1, -0.05) is 36.4 Å². The Labute approximate surface area is 235 Å². The number of benzene rings is 3. The van der Waals surface area contributed by atoms with Gasteiger partial charge in [0.25, 0.3) is 5.91 Å². The standard InChI is InChI=1S/C32H34BNO6/c1-20-26(19-29(35)38-7)27-18-25(37-6)15-16-28(27)34(20)30(36)22-13-11-21(12-14-22)23-9-8-10-24(17-23)33-39-31(2,3)32(4,5)40-33/h8-18H,19H2,1-7H3. The maximum atomic E-state index is 13.8. The topological polar surface area (TPSA) is 76.0 Å². The number of esters is 1. The van der Waals surface area contributed by atoms with Gasteiger partial charge in [-0.25, -0.2) is 0 Å². The van der Waals surface area contributed by atoms with Crippen molar-refractivity contribution in [2.24, 2.45) is 0 Å². The number of methoxy groups -OCH3 is 2. The maximum Gasteiger partial charge on any atom is 0.494 e. The molecule has 0 N–H and O–H groups in total. The van der Waals surface area contributed by atoms with E-state index in [1.807, 2.05) is 95.3 Å². The van der Waals surface area contributed by atoms with Crippen molar-refractivity contribution >= 4 is 35.4 Å². The highest BCUT2D eigenvalue weighted by atomic mass is 16.7. The molecule has 1 fully saturated rings. The third-order valence-electron chi connectivity index (χ3n) is 8.17. The summed E-state index contributed by atoms with van der Waals surface area (Å²) in [5, 5.41) is 0.784. The lowest BCUT2D eigenvalue weighted by Crippen LogP contribution is -2.41. The largest absolute Gasteiger partial charge is 0.497 e. The zero-order chi connectivity index (χ0) is 28.8. The number of fused-ring (bicyclic) bond motifs is 1. The summed E-state index contributed by atoms with van der Waals surface area (Å²) in [5.74, 6) is 0.0983. The van der Waals surface area contributed by atoms with Gasteiger partial charge in [0.1, 0.15) is 5.75 Å². The number of hydrogen-bond donors (Lipinski definition) is 0. The number of aromatic nitrogens is 1. The van der Waals surface area contributed by atoms with Gasteiger partial charge < -0.3 is 18.8 Å². The van der Waals surface area contributed by atoms with Crippen molar-refractivity contribution in [3.8, 4) is 16.9 Å². The molecule has 40 heavy (non-hydrogen) atoms. The average Bonchev–Trinajstić information content (AvgIpc) is 3.34. The average molecular weight is 539 g/mol. The van der Waals surface area contributed by atoms with E-state index < -0.39 is 18.3 Å². The van der Waals surface area contributed by atoms with Crippen LogP contribution < -0.4 is 10.2 Å². The minimum absolute atomic E-state index is 0.0599. The van der Waals surface area contributed by atoms with E-state index in [0.717, 1.165) is 27.5 Å². The molecule has 0 atom stereocenters. The van der Waals surface area contributed by atoms with Crippen molar-refractivity contribution in [3.63, 3.8) is 0 Å². The highest BCUT2D eigenvalue weighted by Gasteiger charge is 2.51. The summed E-state index contributed by atoms with van der Waals surface area (Å²) in [4.78, 5) is 25.9. The lowest BCUT2D eigenvalue weighted by Gasteiger charge is -2.32. The molecule has 2 heterocycles. The first-order valence-electron chi connectivity index (χ1n) is 13.3. The number of carbonyl (C=O) groups is 2. The van der Waals surface area contributed by atoms with Crippen LogP contribution in [0.3, 0.4) is 0 Å². The van der Waals surface area contributed by atoms with E-state index >= 15 is 0 Å². The molecule has 0 bridgehead atoms. The first kappa shape index (κ1) is 27.7. The van der Waals surface area contributed by atoms with Crippen LogP contribution in [0.25, 0.3) is 22.0 Å². The van der Waals surface area contributed by atoms with E-state index in [4.69, 9.17) is 18.8 Å². The number of carbonyl (C=O) groups excluding carboxylic acids is 2. The fourth-order valence-electron chi connectivity index (χ4n) is 5.07. The molecule has 7 nitrogen and oxygen atoms in total. The molecule has 1 aliphatic heterocycles. The summed E-state index contributed by atoms with van der Waals surface area (Å²) in [6.45, 7) is 10.0. The fourth-order valence-corrected chi connectivity index (χ4v) is 5.07. The van der Waals surface area contributed by atoms with E-state index in [0.29, 0.717) is 22.5 Å². The molecule has 4 aromatic rings. The SMILES string of the molecule is COC(=O)Cc1c(C)n(C(=O)c2ccc(-c3cccc(B4OC(C)(C)C(C)(C)O4)c3)cc2)c2ccc(OC)cc12. The van der Waals surface area contributed by atoms with Crippen molar-refractivity contribution < 1.29 is 28.4 Å². The molecule has 0 radical (unpaired) electrons. The smallest absolute Gasteiger partial charge is 0.494 e. The first-order chi connectivity index (χ1) is 19.0. The number of rotatable bonds is 6. The Bertz CT molecular complexity index is 1590. The lowest BCUT2D eigenvalue weighted by atomic mass is 9.78. The molecule has 0 spiro atoms. The summed E-state index contributed by atoms with van der Waals surface area (Å²) < 4.78 is 24.4. The molecule has 1 aliphatic rings. The summed E-state index contributed by atoms with van der Waals surface area (Å²) in [7, 11) is 2.49. The number of nitrogens with zero attached hydrogens (tertiary/aromatic N) is 1. The second-order valence-corrected chi connectivity index (χ2v) is 11.1. The summed E-state index contributed by atoms with van der Waals surface area (Å²) in [6.07, 6.45) is 0.0599. The highest BCUT2D eigenvalue weighted by Crippen LogP contribution is 2.37. The Morgan fingerprint density at radius 3 is 2.17 bits per heavy atom. The van der Waals surface area contributed by atoms with Crippen LogP contribution in [0, 0.1) is 6.92 Å². The zero-order valence-corrected chi connectivity index (χ0v) is 24.0. The Morgan fingerprint density at radius 2 is 1.55 bits per heavy atom. The normalized spacial score (nSPS) is 15.8. The second kappa shape index (κ2) is 10.3. The van der Waals surface area contributed by atoms with Crippen molar-refractivity contribution in [2.45, 2.75) is 52.2 Å². The molecule has 0 aliphatic carbocycles. The van der Waals surface area contributed by atoms with Crippen LogP contribution in [0.15, 0.2) is 66.7 Å². The molecule has 0 unspecified atom stereocenters. The van der Waals surface area contributed by atoms with Crippen molar-refractivity contribution in [3.05, 3.63) is 83.6 Å². The van der Waals surface area contributed by atoms with Crippen LogP contribution in [0.1, 0.15) is 49.3 Å². The quantitative estimate of drug-likeness (QED) is 0.244. The zero-order valence-electron chi connectivity index (χ0n) is 24.0. The van der Waals surface area contributed by atoms with Gasteiger partial charge in [-0.15, -0.1) is 0 Å². The van der Waals surface area contributed by atoms with Crippen molar-refractivity contribution in [1.82, 2.24) is 4.57 Å². The van der Waals surface area contributed by atoms with Crippen molar-refractivity contribution in [1.29, 1.82) is 0 Å². The predicted molar refractivity (Wildman–Crippen MR) is 156 cm³/mol. The van der Waals surface area contributed by atoms with Crippen LogP contribution >= 0.6 is 0 Å². The summed E-state index contributed by atoms with van der Waals surface area (Å²) in [5.41, 5.74) is 4.76. The Kier molecular flexibility index (Phi) is 7.10. The van der Waals surface area contributed by atoms with Crippen LogP contribution in [0.5, 0.6) is 5.75 Å². The summed E-state index contributed by atoms with van der Waals surface area (Å²) in [6, 6.07) is 21.1. The van der Waals surface area contributed by atoms with Crippen LogP contribution in [0.2, 0.25) is 0 Å². The molecule has 206 valence electrons. The van der Waals surface area contributed by atoms with Gasteiger partial charge in [-0.3, -0.25) is 14.2 Å². The molecular weight excluding hydrogens is 505 g/mol. The Hall–Kier alpha value is -3.88. The van der Waals surface area contributed by atoms with Crippen LogP contribution in [-0.4, -0.2) is 49.0 Å². The number of ether oxygens (including phenoxy) is 2. The van der Waals surface area contributed by atoms with Gasteiger partial charge in [-0.2, -0.15) is 0 Å². The molecule has 3 aromatic carbocycles. The highest BCUT2D eigenvalue weighted by molar-refractivity contribution is 6.62. The third kappa shape index (κ3) is 4.82. The van der Waals surface area contributed by atoms with Gasteiger partial charge in [-0.05, 0) is 87.1 Å². The fraction of sp³-hybridized carbons (Fsp3) is 0.312. The molecule has 8 heteroatoms. The van der Waals surface area contributed by atoms with Crippen molar-refractivity contribution in [2.75, 3.05) is 14.2 Å². The Morgan fingerprint density at radius 1 is 0.875 bits per heavy atom. The van der Waals surface area contributed by atoms with Gasteiger partial charge in [0, 0.05) is 16.6 Å². The van der Waals surface area contributed by atoms with E-state index in [9.17, 15) is 9.59 Å². The molecule has 0 saturated carbocycles. The monoisotopic (exact) mass is 539 g/mol. The van der Waals surface area contributed by atoms with E-state index in [1.54, 1.807) is 11.7 Å². The summed E-state index contributed by atoms with van der Waals surface area (Å²) >= 11 is 0.